The highest BCUT2D eigenvalue weighted by molar-refractivity contribution is 5.95. The maximum Gasteiger partial charge on any atom is 0.322 e. The summed E-state index contributed by atoms with van der Waals surface area (Å²) in [4.78, 5) is 22.0. The zero-order chi connectivity index (χ0) is 14.4. The third-order valence-electron chi connectivity index (χ3n) is 3.48. The van der Waals surface area contributed by atoms with Crippen molar-refractivity contribution in [3.63, 3.8) is 0 Å². The minimum absolute atomic E-state index is 0.376. The van der Waals surface area contributed by atoms with Gasteiger partial charge in [-0.1, -0.05) is 12.8 Å². The van der Waals surface area contributed by atoms with E-state index < -0.39 is 11.9 Å². The molecular formula is C15H19NO4. The van der Waals surface area contributed by atoms with Gasteiger partial charge in [-0.05, 0) is 43.0 Å². The molecule has 5 nitrogen and oxygen atoms in total. The van der Waals surface area contributed by atoms with Gasteiger partial charge in [0.1, 0.15) is 12.3 Å². The Balaban J connectivity index is 1.82. The first-order valence-corrected chi connectivity index (χ1v) is 6.88. The summed E-state index contributed by atoms with van der Waals surface area (Å²) in [6, 6.07) is 6.76. The van der Waals surface area contributed by atoms with Crippen molar-refractivity contribution >= 4 is 11.9 Å². The predicted octanol–water partition coefficient (Wildman–Crippen LogP) is 2.07. The molecule has 1 aromatic carbocycles. The molecule has 108 valence electrons. The van der Waals surface area contributed by atoms with Gasteiger partial charge in [0.05, 0.1) is 6.61 Å². The molecule has 1 aliphatic carbocycles. The standard InChI is InChI=1S/C15H19NO4/c17-14(18)9-16-15(19)12-5-7-13(8-6-12)20-10-11-3-1-2-4-11/h5-8,11H,1-4,9-10H2,(H,16,19)(H,17,18). The van der Waals surface area contributed by atoms with Crippen molar-refractivity contribution in [2.24, 2.45) is 5.92 Å². The fraction of sp³-hybridized carbons (Fsp3) is 0.467. The number of benzene rings is 1. The van der Waals surface area contributed by atoms with Crippen molar-refractivity contribution in [1.29, 1.82) is 0 Å². The van der Waals surface area contributed by atoms with Gasteiger partial charge in [0.2, 0.25) is 0 Å². The lowest BCUT2D eigenvalue weighted by Gasteiger charge is -2.11. The number of carboxylic acids is 1. The van der Waals surface area contributed by atoms with Crippen molar-refractivity contribution in [2.75, 3.05) is 13.2 Å². The normalized spacial score (nSPS) is 15.0. The number of carbonyl (C=O) groups is 2. The maximum absolute atomic E-state index is 11.6. The van der Waals surface area contributed by atoms with Crippen LogP contribution in [0, 0.1) is 5.92 Å². The average Bonchev–Trinajstić information content (AvgIpc) is 2.96. The molecule has 1 aromatic rings. The third-order valence-corrected chi connectivity index (χ3v) is 3.48. The quantitative estimate of drug-likeness (QED) is 0.834. The van der Waals surface area contributed by atoms with Crippen LogP contribution in [0.15, 0.2) is 24.3 Å². The highest BCUT2D eigenvalue weighted by atomic mass is 16.5. The Morgan fingerprint density at radius 2 is 1.85 bits per heavy atom. The monoisotopic (exact) mass is 277 g/mol. The van der Waals surface area contributed by atoms with E-state index in [1.54, 1.807) is 24.3 Å². The zero-order valence-electron chi connectivity index (χ0n) is 11.3. The molecule has 1 fully saturated rings. The first-order valence-electron chi connectivity index (χ1n) is 6.88. The molecule has 0 bridgehead atoms. The van der Waals surface area contributed by atoms with Gasteiger partial charge in [0.25, 0.3) is 5.91 Å². The van der Waals surface area contributed by atoms with Gasteiger partial charge in [-0.2, -0.15) is 0 Å². The van der Waals surface area contributed by atoms with Crippen molar-refractivity contribution in [2.45, 2.75) is 25.7 Å². The van der Waals surface area contributed by atoms with E-state index in [1.807, 2.05) is 0 Å². The number of ether oxygens (including phenoxy) is 1. The van der Waals surface area contributed by atoms with E-state index in [0.717, 1.165) is 12.4 Å². The fourth-order valence-electron chi connectivity index (χ4n) is 2.35. The smallest absolute Gasteiger partial charge is 0.322 e. The number of rotatable bonds is 6. The molecule has 0 unspecified atom stereocenters. The molecule has 0 heterocycles. The lowest BCUT2D eigenvalue weighted by molar-refractivity contribution is -0.135. The second-order valence-corrected chi connectivity index (χ2v) is 5.06. The molecular weight excluding hydrogens is 258 g/mol. The highest BCUT2D eigenvalue weighted by Crippen LogP contribution is 2.25. The molecule has 2 rings (SSSR count). The highest BCUT2D eigenvalue weighted by Gasteiger charge is 2.15. The van der Waals surface area contributed by atoms with Crippen molar-refractivity contribution in [3.8, 4) is 5.75 Å². The number of nitrogens with one attached hydrogen (secondary N) is 1. The summed E-state index contributed by atoms with van der Waals surface area (Å²) < 4.78 is 5.70. The molecule has 1 aliphatic rings. The molecule has 0 atom stereocenters. The summed E-state index contributed by atoms with van der Waals surface area (Å²) in [7, 11) is 0. The number of carboxylic acid groups (broad SMARTS) is 1. The van der Waals surface area contributed by atoms with Crippen LogP contribution >= 0.6 is 0 Å². The Kier molecular flexibility index (Phi) is 4.98. The Labute approximate surface area is 117 Å². The second kappa shape index (κ2) is 6.93. The third kappa shape index (κ3) is 4.26. The summed E-state index contributed by atoms with van der Waals surface area (Å²) in [5.74, 6) is -0.0650. The molecule has 0 radical (unpaired) electrons. The molecule has 5 heteroatoms. The van der Waals surface area contributed by atoms with Crippen LogP contribution < -0.4 is 10.1 Å². The van der Waals surface area contributed by atoms with E-state index in [2.05, 4.69) is 5.32 Å². The van der Waals surface area contributed by atoms with E-state index in [-0.39, 0.29) is 6.54 Å². The van der Waals surface area contributed by atoms with E-state index in [0.29, 0.717) is 11.5 Å². The second-order valence-electron chi connectivity index (χ2n) is 5.06. The predicted molar refractivity (Wildman–Crippen MR) is 73.9 cm³/mol. The van der Waals surface area contributed by atoms with Crippen molar-refractivity contribution in [1.82, 2.24) is 5.32 Å². The Morgan fingerprint density at radius 1 is 1.20 bits per heavy atom. The number of aliphatic carboxylic acids is 1. The molecule has 2 N–H and O–H groups in total. The summed E-state index contributed by atoms with van der Waals surface area (Å²) >= 11 is 0. The van der Waals surface area contributed by atoms with Gasteiger partial charge < -0.3 is 15.2 Å². The van der Waals surface area contributed by atoms with Crippen LogP contribution in [0.4, 0.5) is 0 Å². The summed E-state index contributed by atoms with van der Waals surface area (Å²) in [5, 5.41) is 10.8. The van der Waals surface area contributed by atoms with Gasteiger partial charge in [0.15, 0.2) is 0 Å². The van der Waals surface area contributed by atoms with Crippen LogP contribution in [0.1, 0.15) is 36.0 Å². The van der Waals surface area contributed by atoms with Gasteiger partial charge in [-0.25, -0.2) is 0 Å². The van der Waals surface area contributed by atoms with Crippen molar-refractivity contribution < 1.29 is 19.4 Å². The van der Waals surface area contributed by atoms with Crippen LogP contribution in [0.25, 0.3) is 0 Å². The lowest BCUT2D eigenvalue weighted by Crippen LogP contribution is -2.29. The topological polar surface area (TPSA) is 75.6 Å². The number of carbonyl (C=O) groups excluding carboxylic acids is 1. The Morgan fingerprint density at radius 3 is 2.45 bits per heavy atom. The first kappa shape index (κ1) is 14.4. The van der Waals surface area contributed by atoms with Gasteiger partial charge >= 0.3 is 5.97 Å². The van der Waals surface area contributed by atoms with Gasteiger partial charge in [-0.15, -0.1) is 0 Å². The number of amides is 1. The average molecular weight is 277 g/mol. The zero-order valence-corrected chi connectivity index (χ0v) is 11.3. The summed E-state index contributed by atoms with van der Waals surface area (Å²) in [5.41, 5.74) is 0.430. The molecule has 0 aromatic heterocycles. The molecule has 0 aliphatic heterocycles. The first-order chi connectivity index (χ1) is 9.65. The molecule has 0 spiro atoms. The summed E-state index contributed by atoms with van der Waals surface area (Å²) in [6.07, 6.45) is 5.04. The van der Waals surface area contributed by atoms with Crippen LogP contribution in [-0.4, -0.2) is 30.1 Å². The van der Waals surface area contributed by atoms with Crippen molar-refractivity contribution in [3.05, 3.63) is 29.8 Å². The van der Waals surface area contributed by atoms with E-state index >= 15 is 0 Å². The van der Waals surface area contributed by atoms with Crippen LogP contribution in [0.2, 0.25) is 0 Å². The van der Waals surface area contributed by atoms with E-state index in [9.17, 15) is 9.59 Å². The lowest BCUT2D eigenvalue weighted by atomic mass is 10.1. The number of hydrogen-bond donors (Lipinski definition) is 2. The SMILES string of the molecule is O=C(O)CNC(=O)c1ccc(OCC2CCCC2)cc1. The maximum atomic E-state index is 11.6. The van der Waals surface area contributed by atoms with Crippen LogP contribution in [0.5, 0.6) is 5.75 Å². The van der Waals surface area contributed by atoms with Crippen LogP contribution in [-0.2, 0) is 4.79 Å². The molecule has 1 saturated carbocycles. The minimum Gasteiger partial charge on any atom is -0.493 e. The Bertz CT molecular complexity index is 463. The molecule has 0 saturated heterocycles. The van der Waals surface area contributed by atoms with Crippen LogP contribution in [0.3, 0.4) is 0 Å². The van der Waals surface area contributed by atoms with E-state index in [1.165, 1.54) is 25.7 Å². The van der Waals surface area contributed by atoms with Gasteiger partial charge in [-0.3, -0.25) is 9.59 Å². The summed E-state index contributed by atoms with van der Waals surface area (Å²) in [6.45, 7) is 0.351. The number of hydrogen-bond acceptors (Lipinski definition) is 3. The van der Waals surface area contributed by atoms with Gasteiger partial charge in [0, 0.05) is 5.56 Å². The fourth-order valence-corrected chi connectivity index (χ4v) is 2.35. The molecule has 1 amide bonds. The largest absolute Gasteiger partial charge is 0.493 e. The van der Waals surface area contributed by atoms with E-state index in [4.69, 9.17) is 9.84 Å². The molecule has 20 heavy (non-hydrogen) atoms. The Hall–Kier alpha value is -2.04. The minimum atomic E-state index is -1.06.